The molecular formula is C25H28N2O3. The van der Waals surface area contributed by atoms with E-state index in [4.69, 9.17) is 9.15 Å². The normalized spacial score (nSPS) is 15.1. The second-order valence-electron chi connectivity index (χ2n) is 7.74. The smallest absolute Gasteiger partial charge is 0.251 e. The van der Waals surface area contributed by atoms with E-state index in [2.05, 4.69) is 22.3 Å². The van der Waals surface area contributed by atoms with Crippen LogP contribution in [0.15, 0.2) is 77.6 Å². The molecule has 156 valence electrons. The van der Waals surface area contributed by atoms with E-state index in [1.165, 1.54) is 11.1 Å². The van der Waals surface area contributed by atoms with Gasteiger partial charge in [0.05, 0.1) is 12.5 Å². The van der Waals surface area contributed by atoms with Crippen LogP contribution in [-0.2, 0) is 13.0 Å². The van der Waals surface area contributed by atoms with E-state index < -0.39 is 0 Å². The SMILES string of the molecule is O=C(NCCc1ccccc1)c1cccc(OC2CCN(Cc3ccoc3)CC2)c1. The van der Waals surface area contributed by atoms with Gasteiger partial charge in [0.1, 0.15) is 11.9 Å². The highest BCUT2D eigenvalue weighted by Crippen LogP contribution is 2.21. The minimum absolute atomic E-state index is 0.0636. The fourth-order valence-corrected chi connectivity index (χ4v) is 3.80. The minimum atomic E-state index is -0.0636. The molecule has 0 spiro atoms. The van der Waals surface area contributed by atoms with E-state index in [9.17, 15) is 4.79 Å². The first-order valence-corrected chi connectivity index (χ1v) is 10.6. The second-order valence-corrected chi connectivity index (χ2v) is 7.74. The zero-order valence-electron chi connectivity index (χ0n) is 17.1. The highest BCUT2D eigenvalue weighted by Gasteiger charge is 2.21. The number of likely N-dealkylation sites (tertiary alicyclic amines) is 1. The lowest BCUT2D eigenvalue weighted by Crippen LogP contribution is -2.37. The number of furan rings is 1. The maximum atomic E-state index is 12.5. The fraction of sp³-hybridized carbons (Fsp3) is 0.320. The largest absolute Gasteiger partial charge is 0.490 e. The third kappa shape index (κ3) is 5.74. The molecule has 3 aromatic rings. The summed E-state index contributed by atoms with van der Waals surface area (Å²) in [5, 5.41) is 3.00. The van der Waals surface area contributed by atoms with Crippen LogP contribution in [0.3, 0.4) is 0 Å². The number of nitrogens with one attached hydrogen (secondary N) is 1. The van der Waals surface area contributed by atoms with Crippen LogP contribution in [0, 0.1) is 0 Å². The van der Waals surface area contributed by atoms with Gasteiger partial charge in [-0.1, -0.05) is 36.4 Å². The number of amides is 1. The Hall–Kier alpha value is -3.05. The van der Waals surface area contributed by atoms with Gasteiger partial charge in [-0.25, -0.2) is 0 Å². The average Bonchev–Trinajstić information content (AvgIpc) is 3.29. The molecule has 1 N–H and O–H groups in total. The Labute approximate surface area is 177 Å². The molecule has 0 bridgehead atoms. The summed E-state index contributed by atoms with van der Waals surface area (Å²) in [6.45, 7) is 3.52. The van der Waals surface area contributed by atoms with Crippen molar-refractivity contribution >= 4 is 5.91 Å². The summed E-state index contributed by atoms with van der Waals surface area (Å²) in [7, 11) is 0. The highest BCUT2D eigenvalue weighted by atomic mass is 16.5. The van der Waals surface area contributed by atoms with Gasteiger partial charge in [0, 0.05) is 37.3 Å². The molecule has 30 heavy (non-hydrogen) atoms. The van der Waals surface area contributed by atoms with Gasteiger partial charge in [0.25, 0.3) is 5.91 Å². The number of hydrogen-bond acceptors (Lipinski definition) is 4. The Kier molecular flexibility index (Phi) is 6.83. The van der Waals surface area contributed by atoms with Crippen molar-refractivity contribution in [1.82, 2.24) is 10.2 Å². The minimum Gasteiger partial charge on any atom is -0.490 e. The fourth-order valence-electron chi connectivity index (χ4n) is 3.80. The van der Waals surface area contributed by atoms with Crippen LogP contribution >= 0.6 is 0 Å². The van der Waals surface area contributed by atoms with Gasteiger partial charge in [0.2, 0.25) is 0 Å². The van der Waals surface area contributed by atoms with Gasteiger partial charge in [-0.3, -0.25) is 9.69 Å². The van der Waals surface area contributed by atoms with E-state index in [0.717, 1.165) is 44.6 Å². The Morgan fingerprint density at radius 1 is 1.03 bits per heavy atom. The number of rotatable bonds is 8. The summed E-state index contributed by atoms with van der Waals surface area (Å²) in [4.78, 5) is 14.9. The quantitative estimate of drug-likeness (QED) is 0.608. The van der Waals surface area contributed by atoms with Crippen LogP contribution in [0.1, 0.15) is 34.3 Å². The van der Waals surface area contributed by atoms with E-state index in [-0.39, 0.29) is 12.0 Å². The third-order valence-electron chi connectivity index (χ3n) is 5.46. The number of hydrogen-bond donors (Lipinski definition) is 1. The molecule has 0 radical (unpaired) electrons. The summed E-state index contributed by atoms with van der Waals surface area (Å²) >= 11 is 0. The first kappa shape index (κ1) is 20.2. The van der Waals surface area contributed by atoms with Crippen molar-refractivity contribution in [2.24, 2.45) is 0 Å². The van der Waals surface area contributed by atoms with Crippen molar-refractivity contribution < 1.29 is 13.9 Å². The molecule has 5 heteroatoms. The van der Waals surface area contributed by atoms with Crippen LogP contribution in [0.25, 0.3) is 0 Å². The highest BCUT2D eigenvalue weighted by molar-refractivity contribution is 5.94. The molecule has 1 saturated heterocycles. The molecular weight excluding hydrogens is 376 g/mol. The summed E-state index contributed by atoms with van der Waals surface area (Å²) in [5.41, 5.74) is 3.06. The molecule has 5 nitrogen and oxygen atoms in total. The van der Waals surface area contributed by atoms with Crippen LogP contribution in [0.5, 0.6) is 5.75 Å². The maximum absolute atomic E-state index is 12.5. The van der Waals surface area contributed by atoms with Crippen molar-refractivity contribution in [3.8, 4) is 5.75 Å². The second kappa shape index (κ2) is 10.1. The lowest BCUT2D eigenvalue weighted by Gasteiger charge is -2.31. The lowest BCUT2D eigenvalue weighted by atomic mass is 10.1. The van der Waals surface area contributed by atoms with E-state index in [1.54, 1.807) is 12.5 Å². The van der Waals surface area contributed by atoms with Crippen LogP contribution in [0.2, 0.25) is 0 Å². The van der Waals surface area contributed by atoms with Crippen LogP contribution in [0.4, 0.5) is 0 Å². The summed E-state index contributed by atoms with van der Waals surface area (Å²) in [6, 6.07) is 19.7. The van der Waals surface area contributed by atoms with Gasteiger partial charge in [-0.05, 0) is 49.1 Å². The third-order valence-corrected chi connectivity index (χ3v) is 5.46. The Bertz CT molecular complexity index is 917. The zero-order chi connectivity index (χ0) is 20.6. The van der Waals surface area contributed by atoms with Crippen molar-refractivity contribution in [2.45, 2.75) is 31.9 Å². The number of carbonyl (C=O) groups is 1. The van der Waals surface area contributed by atoms with Gasteiger partial charge < -0.3 is 14.5 Å². The van der Waals surface area contributed by atoms with Crippen molar-refractivity contribution in [3.05, 3.63) is 89.9 Å². The molecule has 1 aliphatic heterocycles. The number of benzene rings is 2. The first-order chi connectivity index (χ1) is 14.8. The van der Waals surface area contributed by atoms with E-state index in [0.29, 0.717) is 12.1 Å². The van der Waals surface area contributed by atoms with Gasteiger partial charge in [0.15, 0.2) is 0 Å². The Morgan fingerprint density at radius 2 is 1.87 bits per heavy atom. The van der Waals surface area contributed by atoms with Crippen molar-refractivity contribution in [1.29, 1.82) is 0 Å². The number of carbonyl (C=O) groups excluding carboxylic acids is 1. The summed E-state index contributed by atoms with van der Waals surface area (Å²) in [6.07, 6.45) is 6.48. The number of piperidine rings is 1. The molecule has 0 atom stereocenters. The first-order valence-electron chi connectivity index (χ1n) is 10.6. The van der Waals surface area contributed by atoms with Gasteiger partial charge >= 0.3 is 0 Å². The molecule has 1 aliphatic rings. The predicted octanol–water partition coefficient (Wildman–Crippen LogP) is 4.30. The molecule has 1 aromatic heterocycles. The average molecular weight is 405 g/mol. The molecule has 2 heterocycles. The Balaban J connectivity index is 1.23. The molecule has 0 unspecified atom stereocenters. The Morgan fingerprint density at radius 3 is 2.63 bits per heavy atom. The molecule has 1 fully saturated rings. The molecule has 1 amide bonds. The monoisotopic (exact) mass is 404 g/mol. The lowest BCUT2D eigenvalue weighted by molar-refractivity contribution is 0.0936. The zero-order valence-corrected chi connectivity index (χ0v) is 17.1. The molecule has 2 aromatic carbocycles. The van der Waals surface area contributed by atoms with E-state index >= 15 is 0 Å². The molecule has 0 aliphatic carbocycles. The predicted molar refractivity (Wildman–Crippen MR) is 117 cm³/mol. The van der Waals surface area contributed by atoms with Crippen LogP contribution < -0.4 is 10.1 Å². The van der Waals surface area contributed by atoms with Crippen LogP contribution in [-0.4, -0.2) is 36.5 Å². The van der Waals surface area contributed by atoms with Crippen molar-refractivity contribution in [2.75, 3.05) is 19.6 Å². The number of nitrogens with zero attached hydrogens (tertiary/aromatic N) is 1. The van der Waals surface area contributed by atoms with E-state index in [1.807, 2.05) is 48.5 Å². The standard InChI is InChI=1S/C25H28N2O3/c28-25(26-13-9-20-5-2-1-3-6-20)22-7-4-8-24(17-22)30-23-10-14-27(15-11-23)18-21-12-16-29-19-21/h1-8,12,16-17,19,23H,9-11,13-15,18H2,(H,26,28). The summed E-state index contributed by atoms with van der Waals surface area (Å²) in [5.74, 6) is 0.699. The maximum Gasteiger partial charge on any atom is 0.251 e. The number of ether oxygens (including phenoxy) is 1. The topological polar surface area (TPSA) is 54.7 Å². The van der Waals surface area contributed by atoms with Gasteiger partial charge in [-0.2, -0.15) is 0 Å². The van der Waals surface area contributed by atoms with Crippen molar-refractivity contribution in [3.63, 3.8) is 0 Å². The van der Waals surface area contributed by atoms with Gasteiger partial charge in [-0.15, -0.1) is 0 Å². The molecule has 4 rings (SSSR count). The molecule has 0 saturated carbocycles. The summed E-state index contributed by atoms with van der Waals surface area (Å²) < 4.78 is 11.3.